The van der Waals surface area contributed by atoms with Crippen LogP contribution in [0.25, 0.3) is 0 Å². The molecule has 1 heterocycles. The molecule has 0 bridgehead atoms. The summed E-state index contributed by atoms with van der Waals surface area (Å²) in [7, 11) is 6.14. The van der Waals surface area contributed by atoms with Crippen LogP contribution in [0.3, 0.4) is 0 Å². The Morgan fingerprint density at radius 1 is 0.812 bits per heavy atom. The Labute approximate surface area is 411 Å². The van der Waals surface area contributed by atoms with Crippen molar-refractivity contribution in [1.82, 2.24) is 36.0 Å². The van der Waals surface area contributed by atoms with Gasteiger partial charge in [0.05, 0.1) is 54.8 Å². The smallest absolute Gasteiger partial charge is 0.312 e. The lowest BCUT2D eigenvalue weighted by atomic mass is 9.89. The van der Waals surface area contributed by atoms with Gasteiger partial charge in [-0.3, -0.25) is 28.8 Å². The molecule has 0 radical (unpaired) electrons. The fraction of sp³-hybridized carbons (Fsp3) is 0.740. The van der Waals surface area contributed by atoms with Crippen molar-refractivity contribution >= 4 is 41.5 Å². The first-order valence-corrected chi connectivity index (χ1v) is 24.7. The van der Waals surface area contributed by atoms with E-state index in [1.54, 1.807) is 70.5 Å². The van der Waals surface area contributed by atoms with Gasteiger partial charge in [0, 0.05) is 41.4 Å². The fourth-order valence-electron chi connectivity index (χ4n) is 9.31. The lowest BCUT2D eigenvalue weighted by Crippen LogP contribution is -2.61. The summed E-state index contributed by atoms with van der Waals surface area (Å²) in [5, 5.41) is 22.0. The highest BCUT2D eigenvalue weighted by Gasteiger charge is 2.44. The zero-order valence-corrected chi connectivity index (χ0v) is 43.8. The first kappa shape index (κ1) is 60.3. The SMILES string of the molecule is CC[C@H](C)[C@@H]([C@@H](CC(=O)N1CCC[C@H]1[C@H](OC)[C@@H](C)C(=O)N[C@H](C)[C@@H](O)c1ccccc1)OC)N(C)C(=O)[C@@H](NC(=O)[C@H](C(C)C)N(C)C(=O)[C@H](CCCNC(N)=O)NC(=O)[C@@H](N)C(C)C)C(C)C. The molecule has 19 heteroatoms. The van der Waals surface area contributed by atoms with Gasteiger partial charge in [-0.2, -0.15) is 0 Å². The molecule has 1 aliphatic rings. The average molecular weight is 974 g/mol. The molecule has 8 amide bonds. The van der Waals surface area contributed by atoms with Crippen LogP contribution < -0.4 is 32.7 Å². The third-order valence-corrected chi connectivity index (χ3v) is 13.7. The van der Waals surface area contributed by atoms with E-state index in [0.717, 1.165) is 0 Å². The second kappa shape index (κ2) is 28.7. The molecule has 392 valence electrons. The number of likely N-dealkylation sites (N-methyl/N-ethyl adjacent to an activating group) is 2. The highest BCUT2D eigenvalue weighted by Crippen LogP contribution is 2.30. The Hall–Kier alpha value is -4.85. The van der Waals surface area contributed by atoms with Crippen molar-refractivity contribution in [3.05, 3.63) is 35.9 Å². The van der Waals surface area contributed by atoms with Gasteiger partial charge >= 0.3 is 6.03 Å². The number of carbonyl (C=O) groups is 7. The number of rotatable bonds is 28. The largest absolute Gasteiger partial charge is 0.386 e. The molecule has 1 aromatic rings. The molecule has 0 saturated carbocycles. The van der Waals surface area contributed by atoms with Gasteiger partial charge in [-0.1, -0.05) is 99.1 Å². The maximum atomic E-state index is 14.7. The number of methoxy groups -OCH3 is 2. The van der Waals surface area contributed by atoms with Gasteiger partial charge in [0.1, 0.15) is 18.1 Å². The molecule has 9 N–H and O–H groups in total. The van der Waals surface area contributed by atoms with Crippen molar-refractivity contribution in [2.75, 3.05) is 41.4 Å². The Kier molecular flexibility index (Phi) is 25.1. The van der Waals surface area contributed by atoms with Gasteiger partial charge in [0.2, 0.25) is 35.4 Å². The number of primary amides is 1. The molecule has 1 aliphatic heterocycles. The van der Waals surface area contributed by atoms with Crippen molar-refractivity contribution in [3.63, 3.8) is 0 Å². The standard InChI is InChI=1S/C50H87N9O10/c1-15-31(8)42(37(68-13)27-38(60)59-26-20-24-36(59)44(69-14)32(9)45(62)54-33(10)43(61)34-21-17-16-18-22-34)58(12)49(66)40(29(4)5)56-47(64)41(30(6)7)57(11)48(65)35(23-19-25-53-50(52)67)55-46(63)39(51)28(2)3/h16-18,21-22,28-33,35-37,39-44,61H,15,19-20,23-27,51H2,1-14H3,(H,54,62)(H,55,63)(H,56,64)(H3,52,53,67)/t31-,32+,33+,35-,36-,37+,39-,40-,41-,42-,43+,44+/m0/s1. The van der Waals surface area contributed by atoms with Crippen LogP contribution in [-0.2, 0) is 38.2 Å². The number of nitrogens with two attached hydrogens (primary N) is 2. The molecule has 0 aromatic heterocycles. The number of nitrogens with one attached hydrogen (secondary N) is 4. The third kappa shape index (κ3) is 16.9. The highest BCUT2D eigenvalue weighted by atomic mass is 16.5. The predicted molar refractivity (Wildman–Crippen MR) is 265 cm³/mol. The van der Waals surface area contributed by atoms with Crippen molar-refractivity contribution < 1.29 is 48.1 Å². The minimum atomic E-state index is -1.08. The summed E-state index contributed by atoms with van der Waals surface area (Å²) in [6.07, 6.45) is -0.0470. The first-order valence-electron chi connectivity index (χ1n) is 24.7. The number of nitrogens with zero attached hydrogens (tertiary/aromatic N) is 3. The molecule has 19 nitrogen and oxygen atoms in total. The van der Waals surface area contributed by atoms with E-state index in [4.69, 9.17) is 20.9 Å². The molecule has 2 rings (SSSR count). The van der Waals surface area contributed by atoms with Crippen molar-refractivity contribution in [2.45, 2.75) is 168 Å². The van der Waals surface area contributed by atoms with Gasteiger partial charge in [-0.15, -0.1) is 0 Å². The van der Waals surface area contributed by atoms with Gasteiger partial charge in [0.15, 0.2) is 0 Å². The van der Waals surface area contributed by atoms with E-state index in [0.29, 0.717) is 31.4 Å². The molecule has 0 spiro atoms. The number of urea groups is 1. The number of aliphatic hydroxyl groups excluding tert-OH is 1. The zero-order chi connectivity index (χ0) is 52.4. The monoisotopic (exact) mass is 974 g/mol. The molecular weight excluding hydrogens is 887 g/mol. The van der Waals surface area contributed by atoms with Crippen LogP contribution in [0.4, 0.5) is 4.79 Å². The summed E-state index contributed by atoms with van der Waals surface area (Å²) in [5.74, 6) is -4.47. The Bertz CT molecular complexity index is 1820. The fourth-order valence-corrected chi connectivity index (χ4v) is 9.31. The minimum absolute atomic E-state index is 0.0731. The molecule has 1 saturated heterocycles. The molecular formula is C50H87N9O10. The average Bonchev–Trinajstić information content (AvgIpc) is 3.80. The molecule has 1 fully saturated rings. The van der Waals surface area contributed by atoms with Crippen LogP contribution >= 0.6 is 0 Å². The van der Waals surface area contributed by atoms with E-state index in [9.17, 15) is 38.7 Å². The number of ether oxygens (including phenoxy) is 2. The van der Waals surface area contributed by atoms with Gasteiger partial charge in [0.25, 0.3) is 0 Å². The van der Waals surface area contributed by atoms with Crippen LogP contribution in [0, 0.1) is 29.6 Å². The molecule has 69 heavy (non-hydrogen) atoms. The maximum Gasteiger partial charge on any atom is 0.312 e. The molecule has 1 aromatic carbocycles. The Morgan fingerprint density at radius 3 is 1.96 bits per heavy atom. The highest BCUT2D eigenvalue weighted by molar-refractivity contribution is 5.95. The summed E-state index contributed by atoms with van der Waals surface area (Å²) >= 11 is 0. The third-order valence-electron chi connectivity index (χ3n) is 13.7. The van der Waals surface area contributed by atoms with Crippen LogP contribution in [-0.4, -0.2) is 157 Å². The minimum Gasteiger partial charge on any atom is -0.386 e. The summed E-state index contributed by atoms with van der Waals surface area (Å²) in [4.78, 5) is 100. The number of hydrogen-bond acceptors (Lipinski definition) is 11. The summed E-state index contributed by atoms with van der Waals surface area (Å²) in [6.45, 7) is 18.8. The quantitative estimate of drug-likeness (QED) is 0.0601. The summed E-state index contributed by atoms with van der Waals surface area (Å²) in [5.41, 5.74) is 12.0. The number of likely N-dealkylation sites (tertiary alicyclic amines) is 1. The lowest BCUT2D eigenvalue weighted by molar-refractivity contribution is -0.149. The normalized spacial score (nSPS) is 18.7. The number of aliphatic hydroxyl groups is 1. The number of carbonyl (C=O) groups excluding carboxylic acids is 7. The Morgan fingerprint density at radius 2 is 1.43 bits per heavy atom. The predicted octanol–water partition coefficient (Wildman–Crippen LogP) is 2.69. The second-order valence-corrected chi connectivity index (χ2v) is 19.9. The van der Waals surface area contributed by atoms with Crippen molar-refractivity contribution in [1.29, 1.82) is 0 Å². The summed E-state index contributed by atoms with van der Waals surface area (Å²) < 4.78 is 12.0. The molecule has 12 atom stereocenters. The van der Waals surface area contributed by atoms with Gasteiger partial charge in [-0.05, 0) is 61.8 Å². The summed E-state index contributed by atoms with van der Waals surface area (Å²) in [6, 6.07) is 2.67. The maximum absolute atomic E-state index is 14.7. The van der Waals surface area contributed by atoms with Crippen molar-refractivity contribution in [3.8, 4) is 0 Å². The van der Waals surface area contributed by atoms with Crippen LogP contribution in [0.1, 0.15) is 119 Å². The van der Waals surface area contributed by atoms with Gasteiger partial charge in [-0.25, -0.2) is 4.79 Å². The van der Waals surface area contributed by atoms with E-state index in [1.807, 2.05) is 45.9 Å². The molecule has 0 unspecified atom stereocenters. The first-order chi connectivity index (χ1) is 32.4. The van der Waals surface area contributed by atoms with Gasteiger partial charge < -0.3 is 62.0 Å². The van der Waals surface area contributed by atoms with Crippen LogP contribution in [0.5, 0.6) is 0 Å². The number of benzene rings is 1. The van der Waals surface area contributed by atoms with E-state index in [1.165, 1.54) is 26.2 Å². The molecule has 0 aliphatic carbocycles. The van der Waals surface area contributed by atoms with E-state index < -0.39 is 108 Å². The van der Waals surface area contributed by atoms with E-state index in [-0.39, 0.29) is 49.5 Å². The zero-order valence-electron chi connectivity index (χ0n) is 43.8. The van der Waals surface area contributed by atoms with E-state index >= 15 is 0 Å². The van der Waals surface area contributed by atoms with Crippen LogP contribution in [0.2, 0.25) is 0 Å². The lowest BCUT2D eigenvalue weighted by Gasteiger charge is -2.41. The van der Waals surface area contributed by atoms with Crippen LogP contribution in [0.15, 0.2) is 30.3 Å². The second-order valence-electron chi connectivity index (χ2n) is 19.9. The topological polar surface area (TPSA) is 268 Å². The number of hydrogen-bond donors (Lipinski definition) is 7. The number of amides is 8. The Balaban J connectivity index is 2.34. The van der Waals surface area contributed by atoms with E-state index in [2.05, 4.69) is 21.3 Å². The van der Waals surface area contributed by atoms with Crippen molar-refractivity contribution in [2.24, 2.45) is 41.1 Å².